The Morgan fingerprint density at radius 3 is 2.67 bits per heavy atom. The molecule has 154 valence electrons. The monoisotopic (exact) mass is 402 g/mol. The number of carbonyl (C=O) groups excluding carboxylic acids is 2. The van der Waals surface area contributed by atoms with Crippen molar-refractivity contribution in [3.63, 3.8) is 0 Å². The Hall–Kier alpha value is -3.25. The number of para-hydroxylation sites is 1. The first-order valence-corrected chi connectivity index (χ1v) is 10.2. The minimum Gasteiger partial charge on any atom is -0.347 e. The Bertz CT molecular complexity index is 1140. The van der Waals surface area contributed by atoms with Crippen LogP contribution in [0, 0.1) is 6.92 Å². The standard InChI is InChI=1S/C24H26N4O2/c1-16-8-6-9-17(14-16)25-22-21(23(29)26-24(22)30)19-15-28(13-7-12-27(2)3)20-11-5-4-10-18(19)20/h4-6,8-11,14-15,21H,7,12-13H2,1-3H3,(H,26,29,30). The fraction of sp³-hybridized carbons (Fsp3) is 0.292. The van der Waals surface area contributed by atoms with Gasteiger partial charge in [0.05, 0.1) is 5.69 Å². The zero-order valence-electron chi connectivity index (χ0n) is 17.6. The highest BCUT2D eigenvalue weighted by Gasteiger charge is 2.40. The van der Waals surface area contributed by atoms with E-state index in [2.05, 4.69) is 39.9 Å². The van der Waals surface area contributed by atoms with Gasteiger partial charge in [-0.1, -0.05) is 30.3 Å². The molecule has 6 nitrogen and oxygen atoms in total. The molecule has 1 aliphatic heterocycles. The van der Waals surface area contributed by atoms with Crippen molar-refractivity contribution in [3.05, 3.63) is 65.9 Å². The summed E-state index contributed by atoms with van der Waals surface area (Å²) in [5.74, 6) is -1.45. The van der Waals surface area contributed by atoms with Gasteiger partial charge in [-0.25, -0.2) is 4.99 Å². The van der Waals surface area contributed by atoms with Gasteiger partial charge in [0, 0.05) is 23.6 Å². The summed E-state index contributed by atoms with van der Waals surface area (Å²) in [5.41, 5.74) is 3.87. The third-order valence-corrected chi connectivity index (χ3v) is 5.39. The van der Waals surface area contributed by atoms with Crippen LogP contribution < -0.4 is 5.32 Å². The lowest BCUT2D eigenvalue weighted by Crippen LogP contribution is -2.22. The summed E-state index contributed by atoms with van der Waals surface area (Å²) < 4.78 is 2.18. The van der Waals surface area contributed by atoms with E-state index in [-0.39, 0.29) is 11.6 Å². The van der Waals surface area contributed by atoms with Gasteiger partial charge in [-0.05, 0) is 63.3 Å². The van der Waals surface area contributed by atoms with Gasteiger partial charge in [0.25, 0.3) is 5.91 Å². The molecule has 1 aromatic heterocycles. The molecule has 2 heterocycles. The molecule has 0 spiro atoms. The summed E-state index contributed by atoms with van der Waals surface area (Å²) >= 11 is 0. The number of nitrogens with one attached hydrogen (secondary N) is 1. The summed E-state index contributed by atoms with van der Waals surface area (Å²) in [4.78, 5) is 32.1. The van der Waals surface area contributed by atoms with Crippen LogP contribution in [0.1, 0.15) is 23.5 Å². The predicted octanol–water partition coefficient (Wildman–Crippen LogP) is 3.41. The van der Waals surface area contributed by atoms with Gasteiger partial charge in [-0.15, -0.1) is 0 Å². The molecular formula is C24H26N4O2. The van der Waals surface area contributed by atoms with Crippen molar-refractivity contribution < 1.29 is 9.59 Å². The molecule has 2 aromatic carbocycles. The number of nitrogens with zero attached hydrogens (tertiary/aromatic N) is 3. The smallest absolute Gasteiger partial charge is 0.273 e. The molecule has 1 aliphatic rings. The number of aromatic nitrogens is 1. The lowest BCUT2D eigenvalue weighted by Gasteiger charge is -2.10. The molecule has 6 heteroatoms. The van der Waals surface area contributed by atoms with Crippen LogP contribution in [-0.2, 0) is 16.1 Å². The Balaban J connectivity index is 1.77. The van der Waals surface area contributed by atoms with Gasteiger partial charge in [-0.2, -0.15) is 0 Å². The maximum absolute atomic E-state index is 12.8. The van der Waals surface area contributed by atoms with E-state index in [1.165, 1.54) is 0 Å². The molecule has 4 rings (SSSR count). The van der Waals surface area contributed by atoms with E-state index >= 15 is 0 Å². The van der Waals surface area contributed by atoms with Crippen molar-refractivity contribution in [3.8, 4) is 0 Å². The zero-order chi connectivity index (χ0) is 21.3. The van der Waals surface area contributed by atoms with Gasteiger partial charge in [0.15, 0.2) is 0 Å². The molecule has 1 N–H and O–H groups in total. The van der Waals surface area contributed by atoms with Gasteiger partial charge < -0.3 is 9.47 Å². The summed E-state index contributed by atoms with van der Waals surface area (Å²) in [6.07, 6.45) is 3.00. The third kappa shape index (κ3) is 3.91. The second kappa shape index (κ2) is 8.24. The Morgan fingerprint density at radius 1 is 1.10 bits per heavy atom. The summed E-state index contributed by atoms with van der Waals surface area (Å²) in [6, 6.07) is 15.6. The normalized spacial score (nSPS) is 18.0. The molecule has 1 fully saturated rings. The van der Waals surface area contributed by atoms with Crippen molar-refractivity contribution in [2.45, 2.75) is 25.8 Å². The molecule has 3 aromatic rings. The number of fused-ring (bicyclic) bond motifs is 1. The van der Waals surface area contributed by atoms with E-state index in [0.29, 0.717) is 5.69 Å². The average molecular weight is 402 g/mol. The average Bonchev–Trinajstić information content (AvgIpc) is 3.18. The van der Waals surface area contributed by atoms with E-state index in [1.807, 2.05) is 55.6 Å². The molecule has 2 amide bonds. The van der Waals surface area contributed by atoms with Crippen LogP contribution in [-0.4, -0.2) is 47.6 Å². The summed E-state index contributed by atoms with van der Waals surface area (Å²) in [7, 11) is 4.11. The number of aliphatic imine (C=N–C) groups is 1. The number of amides is 2. The molecule has 1 atom stereocenters. The molecule has 1 unspecified atom stereocenters. The number of hydrogen-bond acceptors (Lipinski definition) is 4. The molecule has 0 aliphatic carbocycles. The van der Waals surface area contributed by atoms with E-state index in [0.717, 1.165) is 41.5 Å². The number of benzene rings is 2. The van der Waals surface area contributed by atoms with Crippen molar-refractivity contribution in [1.29, 1.82) is 0 Å². The Kier molecular flexibility index (Phi) is 5.50. The number of hydrogen-bond donors (Lipinski definition) is 1. The first kappa shape index (κ1) is 20.0. The highest BCUT2D eigenvalue weighted by atomic mass is 16.2. The van der Waals surface area contributed by atoms with Gasteiger partial charge in [0.2, 0.25) is 5.91 Å². The van der Waals surface area contributed by atoms with Crippen molar-refractivity contribution in [2.75, 3.05) is 20.6 Å². The van der Waals surface area contributed by atoms with E-state index in [9.17, 15) is 9.59 Å². The molecule has 30 heavy (non-hydrogen) atoms. The lowest BCUT2D eigenvalue weighted by atomic mass is 9.95. The number of carbonyl (C=O) groups is 2. The maximum Gasteiger partial charge on any atom is 0.273 e. The fourth-order valence-corrected chi connectivity index (χ4v) is 3.99. The van der Waals surface area contributed by atoms with Crippen LogP contribution in [0.15, 0.2) is 59.7 Å². The topological polar surface area (TPSA) is 66.7 Å². The molecule has 0 bridgehead atoms. The van der Waals surface area contributed by atoms with Gasteiger partial charge in [-0.3, -0.25) is 14.9 Å². The first-order chi connectivity index (χ1) is 14.4. The predicted molar refractivity (Wildman–Crippen MR) is 119 cm³/mol. The quantitative estimate of drug-likeness (QED) is 0.643. The Labute approximate surface area is 176 Å². The number of rotatable bonds is 6. The van der Waals surface area contributed by atoms with Crippen LogP contribution in [0.25, 0.3) is 10.9 Å². The molecule has 0 radical (unpaired) electrons. The van der Waals surface area contributed by atoms with Crippen LogP contribution in [0.4, 0.5) is 5.69 Å². The van der Waals surface area contributed by atoms with E-state index < -0.39 is 11.8 Å². The van der Waals surface area contributed by atoms with Gasteiger partial charge >= 0.3 is 0 Å². The largest absolute Gasteiger partial charge is 0.347 e. The minimum atomic E-state index is -0.710. The van der Waals surface area contributed by atoms with Crippen LogP contribution >= 0.6 is 0 Å². The molecule has 0 saturated carbocycles. The number of aryl methyl sites for hydroxylation is 2. The highest BCUT2D eigenvalue weighted by Crippen LogP contribution is 2.32. The summed E-state index contributed by atoms with van der Waals surface area (Å²) in [5, 5.41) is 3.44. The van der Waals surface area contributed by atoms with Crippen molar-refractivity contribution in [1.82, 2.24) is 14.8 Å². The third-order valence-electron chi connectivity index (χ3n) is 5.39. The van der Waals surface area contributed by atoms with Crippen molar-refractivity contribution in [2.24, 2.45) is 4.99 Å². The SMILES string of the molecule is Cc1cccc(N=C2C(=O)NC(=O)C2c2cn(CCCN(C)C)c3ccccc23)c1. The first-order valence-electron chi connectivity index (χ1n) is 10.2. The number of imide groups is 1. The van der Waals surface area contributed by atoms with Crippen molar-refractivity contribution >= 4 is 34.1 Å². The minimum absolute atomic E-state index is 0.252. The van der Waals surface area contributed by atoms with Gasteiger partial charge in [0.1, 0.15) is 11.6 Å². The van der Waals surface area contributed by atoms with Crippen LogP contribution in [0.3, 0.4) is 0 Å². The Morgan fingerprint density at radius 2 is 1.90 bits per heavy atom. The van der Waals surface area contributed by atoms with Crippen LogP contribution in [0.5, 0.6) is 0 Å². The maximum atomic E-state index is 12.8. The van der Waals surface area contributed by atoms with Crippen LogP contribution in [0.2, 0.25) is 0 Å². The van der Waals surface area contributed by atoms with E-state index in [4.69, 9.17) is 0 Å². The highest BCUT2D eigenvalue weighted by molar-refractivity contribution is 6.52. The second-order valence-electron chi connectivity index (χ2n) is 8.04. The zero-order valence-corrected chi connectivity index (χ0v) is 17.6. The fourth-order valence-electron chi connectivity index (χ4n) is 3.99. The second-order valence-corrected chi connectivity index (χ2v) is 8.04. The summed E-state index contributed by atoms with van der Waals surface area (Å²) in [6.45, 7) is 3.79. The molecular weight excluding hydrogens is 376 g/mol. The lowest BCUT2D eigenvalue weighted by molar-refractivity contribution is -0.124. The molecule has 1 saturated heterocycles. The van der Waals surface area contributed by atoms with E-state index in [1.54, 1.807) is 0 Å².